The van der Waals surface area contributed by atoms with Crippen LogP contribution in [0.4, 0.5) is 0 Å². The second-order valence-corrected chi connectivity index (χ2v) is 5.48. The van der Waals surface area contributed by atoms with E-state index in [1.54, 1.807) is 12.5 Å². The maximum atomic E-state index is 10.9. The fourth-order valence-corrected chi connectivity index (χ4v) is 2.36. The molecule has 0 atom stereocenters. The summed E-state index contributed by atoms with van der Waals surface area (Å²) < 4.78 is 5.97. The fraction of sp³-hybridized carbons (Fsp3) is 0.158. The van der Waals surface area contributed by atoms with Gasteiger partial charge in [0.25, 0.3) is 0 Å². The van der Waals surface area contributed by atoms with E-state index in [4.69, 9.17) is 4.74 Å². The van der Waals surface area contributed by atoms with E-state index in [1.165, 1.54) is 6.92 Å². The molecule has 0 spiro atoms. The number of hydrogen-bond donors (Lipinski definition) is 2. The molecule has 3 aromatic rings. The van der Waals surface area contributed by atoms with Gasteiger partial charge < -0.3 is 15.0 Å². The second kappa shape index (κ2) is 7.46. The number of nitrogens with one attached hydrogen (secondary N) is 2. The quantitative estimate of drug-likeness (QED) is 0.732. The Morgan fingerprint density at radius 2 is 1.88 bits per heavy atom. The molecule has 0 radical (unpaired) electrons. The highest BCUT2D eigenvalue weighted by atomic mass is 16.5. The van der Waals surface area contributed by atoms with E-state index < -0.39 is 0 Å². The molecule has 0 aliphatic carbocycles. The number of H-pyrrole nitrogens is 1. The summed E-state index contributed by atoms with van der Waals surface area (Å²) in [6.07, 6.45) is 3.43. The average Bonchev–Trinajstić information content (AvgIpc) is 3.14. The van der Waals surface area contributed by atoms with Crippen LogP contribution in [-0.2, 0) is 17.9 Å². The van der Waals surface area contributed by atoms with Gasteiger partial charge >= 0.3 is 0 Å². The molecule has 5 nitrogen and oxygen atoms in total. The minimum absolute atomic E-state index is 0.0298. The van der Waals surface area contributed by atoms with Gasteiger partial charge in [-0.15, -0.1) is 0 Å². The zero-order valence-corrected chi connectivity index (χ0v) is 13.5. The van der Waals surface area contributed by atoms with Crippen LogP contribution in [0.25, 0.3) is 11.3 Å². The highest BCUT2D eigenvalue weighted by molar-refractivity contribution is 5.72. The van der Waals surface area contributed by atoms with Gasteiger partial charge in [0.05, 0.1) is 18.2 Å². The Morgan fingerprint density at radius 3 is 2.58 bits per heavy atom. The molecule has 0 bridgehead atoms. The van der Waals surface area contributed by atoms with Gasteiger partial charge in [-0.05, 0) is 23.3 Å². The SMILES string of the molecule is CC(=O)NCc1ccc(COc2ccccc2-c2cnc[nH]2)cc1. The first kappa shape index (κ1) is 15.8. The molecule has 3 rings (SSSR count). The predicted molar refractivity (Wildman–Crippen MR) is 92.3 cm³/mol. The van der Waals surface area contributed by atoms with Crippen LogP contribution in [0.2, 0.25) is 0 Å². The monoisotopic (exact) mass is 321 g/mol. The summed E-state index contributed by atoms with van der Waals surface area (Å²) in [7, 11) is 0. The van der Waals surface area contributed by atoms with Crippen molar-refractivity contribution in [1.29, 1.82) is 0 Å². The van der Waals surface area contributed by atoms with Crippen molar-refractivity contribution >= 4 is 5.91 Å². The minimum Gasteiger partial charge on any atom is -0.488 e. The number of para-hydroxylation sites is 1. The third-order valence-electron chi connectivity index (χ3n) is 3.63. The van der Waals surface area contributed by atoms with Crippen molar-refractivity contribution in [3.63, 3.8) is 0 Å². The number of imidazole rings is 1. The van der Waals surface area contributed by atoms with Gasteiger partial charge in [0.2, 0.25) is 5.91 Å². The first-order valence-electron chi connectivity index (χ1n) is 7.75. The Hall–Kier alpha value is -3.08. The molecule has 0 aliphatic heterocycles. The normalized spacial score (nSPS) is 10.4. The van der Waals surface area contributed by atoms with Crippen molar-refractivity contribution in [2.75, 3.05) is 0 Å². The lowest BCUT2D eigenvalue weighted by Crippen LogP contribution is -2.18. The standard InChI is InChI=1S/C19H19N3O2/c1-14(23)21-10-15-6-8-16(9-7-15)12-24-19-5-3-2-4-17(19)18-11-20-13-22-18/h2-9,11,13H,10,12H2,1H3,(H,20,22)(H,21,23). The Balaban J connectivity index is 1.65. The molecule has 5 heteroatoms. The van der Waals surface area contributed by atoms with Crippen LogP contribution < -0.4 is 10.1 Å². The smallest absolute Gasteiger partial charge is 0.217 e. The van der Waals surface area contributed by atoms with E-state index in [0.29, 0.717) is 13.2 Å². The van der Waals surface area contributed by atoms with E-state index in [0.717, 1.165) is 28.1 Å². The van der Waals surface area contributed by atoms with Crippen molar-refractivity contribution in [3.05, 3.63) is 72.2 Å². The highest BCUT2D eigenvalue weighted by Gasteiger charge is 2.07. The Labute approximate surface area is 140 Å². The first-order valence-corrected chi connectivity index (χ1v) is 7.75. The van der Waals surface area contributed by atoms with Crippen LogP contribution >= 0.6 is 0 Å². The summed E-state index contributed by atoms with van der Waals surface area (Å²) in [4.78, 5) is 18.1. The number of hydrogen-bond acceptors (Lipinski definition) is 3. The van der Waals surface area contributed by atoms with Gasteiger partial charge in [0.15, 0.2) is 0 Å². The van der Waals surface area contributed by atoms with Gasteiger partial charge in [-0.1, -0.05) is 36.4 Å². The van der Waals surface area contributed by atoms with E-state index in [1.807, 2.05) is 48.5 Å². The molecule has 2 aromatic carbocycles. The molecule has 1 aromatic heterocycles. The molecule has 1 heterocycles. The summed E-state index contributed by atoms with van der Waals surface area (Å²) in [6, 6.07) is 15.9. The summed E-state index contributed by atoms with van der Waals surface area (Å²) in [6.45, 7) is 2.53. The van der Waals surface area contributed by atoms with Crippen molar-refractivity contribution in [2.24, 2.45) is 0 Å². The van der Waals surface area contributed by atoms with E-state index >= 15 is 0 Å². The van der Waals surface area contributed by atoms with Gasteiger partial charge in [0, 0.05) is 19.0 Å². The number of ether oxygens (including phenoxy) is 1. The summed E-state index contributed by atoms with van der Waals surface area (Å²) in [5.41, 5.74) is 4.04. The lowest BCUT2D eigenvalue weighted by molar-refractivity contribution is -0.119. The molecular weight excluding hydrogens is 302 g/mol. The zero-order valence-electron chi connectivity index (χ0n) is 13.5. The maximum absolute atomic E-state index is 10.9. The van der Waals surface area contributed by atoms with Crippen molar-refractivity contribution in [2.45, 2.75) is 20.1 Å². The van der Waals surface area contributed by atoms with Crippen LogP contribution in [0, 0.1) is 0 Å². The van der Waals surface area contributed by atoms with Crippen LogP contribution in [0.1, 0.15) is 18.1 Å². The molecule has 0 fully saturated rings. The van der Waals surface area contributed by atoms with Gasteiger partial charge in [-0.2, -0.15) is 0 Å². The molecular formula is C19H19N3O2. The van der Waals surface area contributed by atoms with E-state index in [2.05, 4.69) is 15.3 Å². The Bertz CT molecular complexity index is 796. The van der Waals surface area contributed by atoms with Crippen molar-refractivity contribution in [1.82, 2.24) is 15.3 Å². The third kappa shape index (κ3) is 4.01. The fourth-order valence-electron chi connectivity index (χ4n) is 2.36. The lowest BCUT2D eigenvalue weighted by Gasteiger charge is -2.11. The van der Waals surface area contributed by atoms with Crippen LogP contribution in [-0.4, -0.2) is 15.9 Å². The molecule has 2 N–H and O–H groups in total. The van der Waals surface area contributed by atoms with Crippen LogP contribution in [0.15, 0.2) is 61.1 Å². The first-order chi connectivity index (χ1) is 11.7. The number of aromatic amines is 1. The summed E-state index contributed by atoms with van der Waals surface area (Å²) in [5, 5.41) is 2.78. The minimum atomic E-state index is -0.0298. The van der Waals surface area contributed by atoms with E-state index in [9.17, 15) is 4.79 Å². The number of carbonyl (C=O) groups excluding carboxylic acids is 1. The Kier molecular flexibility index (Phi) is 4.91. The summed E-state index contributed by atoms with van der Waals surface area (Å²) in [5.74, 6) is 0.780. The largest absolute Gasteiger partial charge is 0.488 e. The number of rotatable bonds is 6. The molecule has 0 saturated carbocycles. The van der Waals surface area contributed by atoms with Crippen molar-refractivity contribution < 1.29 is 9.53 Å². The Morgan fingerprint density at radius 1 is 1.12 bits per heavy atom. The number of amides is 1. The van der Waals surface area contributed by atoms with Gasteiger partial charge in [-0.25, -0.2) is 4.98 Å². The average molecular weight is 321 g/mol. The van der Waals surface area contributed by atoms with Crippen molar-refractivity contribution in [3.8, 4) is 17.0 Å². The second-order valence-electron chi connectivity index (χ2n) is 5.48. The van der Waals surface area contributed by atoms with Gasteiger partial charge in [0.1, 0.15) is 12.4 Å². The van der Waals surface area contributed by atoms with Crippen LogP contribution in [0.3, 0.4) is 0 Å². The summed E-state index contributed by atoms with van der Waals surface area (Å²) >= 11 is 0. The molecule has 0 aliphatic rings. The predicted octanol–water partition coefficient (Wildman–Crippen LogP) is 3.29. The number of carbonyl (C=O) groups is 1. The van der Waals surface area contributed by atoms with E-state index in [-0.39, 0.29) is 5.91 Å². The third-order valence-corrected chi connectivity index (χ3v) is 3.63. The molecule has 0 unspecified atom stereocenters. The van der Waals surface area contributed by atoms with Gasteiger partial charge in [-0.3, -0.25) is 4.79 Å². The topological polar surface area (TPSA) is 67.0 Å². The molecule has 1 amide bonds. The lowest BCUT2D eigenvalue weighted by atomic mass is 10.1. The maximum Gasteiger partial charge on any atom is 0.217 e. The number of benzene rings is 2. The number of nitrogens with zero attached hydrogens (tertiary/aromatic N) is 1. The molecule has 122 valence electrons. The van der Waals surface area contributed by atoms with Crippen LogP contribution in [0.5, 0.6) is 5.75 Å². The molecule has 0 saturated heterocycles. The zero-order chi connectivity index (χ0) is 16.8. The highest BCUT2D eigenvalue weighted by Crippen LogP contribution is 2.28. The number of aromatic nitrogens is 2. The molecule has 24 heavy (non-hydrogen) atoms.